The van der Waals surface area contributed by atoms with Gasteiger partial charge in [0.25, 0.3) is 0 Å². The first-order valence-corrected chi connectivity index (χ1v) is 5.22. The molecule has 0 unspecified atom stereocenters. The number of amides is 1. The second-order valence-electron chi connectivity index (χ2n) is 3.17. The molecular weight excluding hydrogens is 250 g/mol. The second kappa shape index (κ2) is 5.11. The van der Waals surface area contributed by atoms with Crippen molar-refractivity contribution in [3.8, 4) is 11.5 Å². The quantitative estimate of drug-likeness (QED) is 0.862. The molecule has 1 aromatic rings. The Morgan fingerprint density at radius 3 is 2.88 bits per heavy atom. The number of aliphatic hydroxyl groups is 1. The highest BCUT2D eigenvalue weighted by atomic mass is 35.5. The minimum Gasteiger partial charge on any atom is -0.454 e. The van der Waals surface area contributed by atoms with Gasteiger partial charge in [0.05, 0.1) is 17.3 Å². The molecule has 1 aromatic carbocycles. The molecule has 92 valence electrons. The number of fused-ring (bicyclic) bond motifs is 1. The Labute approximate surface area is 102 Å². The highest BCUT2D eigenvalue weighted by Gasteiger charge is 2.17. The standard InChI is InChI=1S/C10H10ClNO5/c11-6-3-8-9(17-5-16-8)4-7(6)12-10(14)15-2-1-13/h3-4,13H,1-2,5H2,(H,12,14). The molecule has 17 heavy (non-hydrogen) atoms. The number of carbonyl (C=O) groups excluding carboxylic acids is 1. The van der Waals surface area contributed by atoms with E-state index in [0.717, 1.165) is 0 Å². The summed E-state index contributed by atoms with van der Waals surface area (Å²) in [6, 6.07) is 3.09. The Morgan fingerprint density at radius 2 is 2.18 bits per heavy atom. The van der Waals surface area contributed by atoms with Crippen LogP contribution in [0.3, 0.4) is 0 Å². The zero-order chi connectivity index (χ0) is 12.3. The van der Waals surface area contributed by atoms with E-state index in [1.807, 2.05) is 0 Å². The average Bonchev–Trinajstić information content (AvgIpc) is 2.74. The number of aliphatic hydroxyl groups excluding tert-OH is 1. The third kappa shape index (κ3) is 2.72. The van der Waals surface area contributed by atoms with E-state index in [9.17, 15) is 4.79 Å². The number of benzene rings is 1. The minimum atomic E-state index is -0.695. The summed E-state index contributed by atoms with van der Waals surface area (Å²) in [5.41, 5.74) is 0.360. The van der Waals surface area contributed by atoms with Crippen LogP contribution >= 0.6 is 11.6 Å². The molecule has 1 aliphatic rings. The van der Waals surface area contributed by atoms with Crippen molar-refractivity contribution in [3.05, 3.63) is 17.2 Å². The predicted molar refractivity (Wildman–Crippen MR) is 59.6 cm³/mol. The Bertz CT molecular complexity index is 437. The summed E-state index contributed by atoms with van der Waals surface area (Å²) < 4.78 is 14.9. The largest absolute Gasteiger partial charge is 0.454 e. The molecule has 0 fully saturated rings. The normalized spacial score (nSPS) is 12.4. The molecule has 7 heteroatoms. The molecule has 1 heterocycles. The molecule has 0 saturated carbocycles. The number of anilines is 1. The van der Waals surface area contributed by atoms with E-state index in [-0.39, 0.29) is 20.0 Å². The van der Waals surface area contributed by atoms with Crippen LogP contribution in [0.4, 0.5) is 10.5 Å². The van der Waals surface area contributed by atoms with E-state index in [2.05, 4.69) is 10.1 Å². The van der Waals surface area contributed by atoms with Crippen LogP contribution < -0.4 is 14.8 Å². The lowest BCUT2D eigenvalue weighted by Gasteiger charge is -2.08. The van der Waals surface area contributed by atoms with Crippen molar-refractivity contribution in [1.29, 1.82) is 0 Å². The van der Waals surface area contributed by atoms with Gasteiger partial charge in [-0.2, -0.15) is 0 Å². The van der Waals surface area contributed by atoms with E-state index >= 15 is 0 Å². The molecular formula is C10H10ClNO5. The Kier molecular flexibility index (Phi) is 3.55. The van der Waals surface area contributed by atoms with E-state index in [1.165, 1.54) is 0 Å². The van der Waals surface area contributed by atoms with Crippen molar-refractivity contribution in [2.75, 3.05) is 25.3 Å². The van der Waals surface area contributed by atoms with Crippen LogP contribution in [0.2, 0.25) is 5.02 Å². The maximum absolute atomic E-state index is 11.2. The Balaban J connectivity index is 2.08. The molecule has 0 saturated heterocycles. The van der Waals surface area contributed by atoms with Gasteiger partial charge in [0.2, 0.25) is 6.79 Å². The van der Waals surface area contributed by atoms with Crippen molar-refractivity contribution in [3.63, 3.8) is 0 Å². The number of ether oxygens (including phenoxy) is 3. The number of carbonyl (C=O) groups is 1. The van der Waals surface area contributed by atoms with Crippen LogP contribution in [0.25, 0.3) is 0 Å². The molecule has 1 aliphatic heterocycles. The van der Waals surface area contributed by atoms with Crippen molar-refractivity contribution < 1.29 is 24.1 Å². The van der Waals surface area contributed by atoms with Crippen molar-refractivity contribution in [2.24, 2.45) is 0 Å². The van der Waals surface area contributed by atoms with Crippen LogP contribution in [-0.4, -0.2) is 31.2 Å². The van der Waals surface area contributed by atoms with Gasteiger partial charge < -0.3 is 19.3 Å². The van der Waals surface area contributed by atoms with Gasteiger partial charge in [0.15, 0.2) is 11.5 Å². The average molecular weight is 260 g/mol. The fourth-order valence-electron chi connectivity index (χ4n) is 1.30. The van der Waals surface area contributed by atoms with Crippen LogP contribution in [-0.2, 0) is 4.74 Å². The first kappa shape index (κ1) is 11.8. The number of halogens is 1. The first-order chi connectivity index (χ1) is 8.20. The van der Waals surface area contributed by atoms with Gasteiger partial charge in [0.1, 0.15) is 6.61 Å². The van der Waals surface area contributed by atoms with Gasteiger partial charge in [-0.1, -0.05) is 11.6 Å². The van der Waals surface area contributed by atoms with Gasteiger partial charge in [0, 0.05) is 12.1 Å². The molecule has 0 atom stereocenters. The number of nitrogens with one attached hydrogen (secondary N) is 1. The van der Waals surface area contributed by atoms with Crippen molar-refractivity contribution >= 4 is 23.4 Å². The number of hydrogen-bond donors (Lipinski definition) is 2. The zero-order valence-corrected chi connectivity index (χ0v) is 9.49. The highest BCUT2D eigenvalue weighted by molar-refractivity contribution is 6.33. The van der Waals surface area contributed by atoms with E-state index in [0.29, 0.717) is 22.2 Å². The summed E-state index contributed by atoms with van der Waals surface area (Å²) in [6.45, 7) is -0.180. The SMILES string of the molecule is O=C(Nc1cc2c(cc1Cl)OCO2)OCCO. The smallest absolute Gasteiger partial charge is 0.411 e. The number of hydrogen-bond acceptors (Lipinski definition) is 5. The van der Waals surface area contributed by atoms with Crippen LogP contribution in [0.1, 0.15) is 0 Å². The van der Waals surface area contributed by atoms with E-state index in [1.54, 1.807) is 12.1 Å². The van der Waals surface area contributed by atoms with Crippen LogP contribution in [0.5, 0.6) is 11.5 Å². The summed E-state index contributed by atoms with van der Waals surface area (Å²) in [5, 5.41) is 11.2. The summed E-state index contributed by atoms with van der Waals surface area (Å²) >= 11 is 5.93. The molecule has 1 amide bonds. The first-order valence-electron chi connectivity index (χ1n) is 4.84. The molecule has 6 nitrogen and oxygen atoms in total. The van der Waals surface area contributed by atoms with Crippen LogP contribution in [0.15, 0.2) is 12.1 Å². The molecule has 0 spiro atoms. The summed E-state index contributed by atoms with van der Waals surface area (Å²) in [7, 11) is 0. The van der Waals surface area contributed by atoms with Gasteiger partial charge >= 0.3 is 6.09 Å². The summed E-state index contributed by atoms with van der Waals surface area (Å²) in [5.74, 6) is 1.04. The van der Waals surface area contributed by atoms with E-state index < -0.39 is 6.09 Å². The van der Waals surface area contributed by atoms with Gasteiger partial charge in [-0.05, 0) is 0 Å². The Morgan fingerprint density at radius 1 is 1.47 bits per heavy atom. The lowest BCUT2D eigenvalue weighted by Crippen LogP contribution is -2.15. The van der Waals surface area contributed by atoms with E-state index in [4.69, 9.17) is 26.2 Å². The fraction of sp³-hybridized carbons (Fsp3) is 0.300. The third-order valence-electron chi connectivity index (χ3n) is 2.02. The van der Waals surface area contributed by atoms with Crippen LogP contribution in [0, 0.1) is 0 Å². The van der Waals surface area contributed by atoms with Gasteiger partial charge in [-0.25, -0.2) is 4.79 Å². The maximum atomic E-state index is 11.2. The molecule has 0 bridgehead atoms. The molecule has 2 N–H and O–H groups in total. The van der Waals surface area contributed by atoms with Crippen molar-refractivity contribution in [2.45, 2.75) is 0 Å². The monoisotopic (exact) mass is 259 g/mol. The summed E-state index contributed by atoms with van der Waals surface area (Å²) in [4.78, 5) is 11.2. The highest BCUT2D eigenvalue weighted by Crippen LogP contribution is 2.39. The molecule has 0 radical (unpaired) electrons. The maximum Gasteiger partial charge on any atom is 0.411 e. The zero-order valence-electron chi connectivity index (χ0n) is 8.73. The second-order valence-corrected chi connectivity index (χ2v) is 3.58. The lowest BCUT2D eigenvalue weighted by atomic mass is 10.3. The Hall–Kier alpha value is -1.66. The third-order valence-corrected chi connectivity index (χ3v) is 2.34. The van der Waals surface area contributed by atoms with Crippen molar-refractivity contribution in [1.82, 2.24) is 0 Å². The fourth-order valence-corrected chi connectivity index (χ4v) is 1.50. The molecule has 0 aliphatic carbocycles. The predicted octanol–water partition coefficient (Wildman–Crippen LogP) is 1.61. The number of rotatable bonds is 3. The molecule has 0 aromatic heterocycles. The minimum absolute atomic E-state index is 0.0754. The van der Waals surface area contributed by atoms with Gasteiger partial charge in [-0.15, -0.1) is 0 Å². The van der Waals surface area contributed by atoms with Gasteiger partial charge in [-0.3, -0.25) is 5.32 Å². The summed E-state index contributed by atoms with van der Waals surface area (Å²) in [6.07, 6.45) is -0.695. The molecule has 2 rings (SSSR count). The topological polar surface area (TPSA) is 77.0 Å². The lowest BCUT2D eigenvalue weighted by molar-refractivity contribution is 0.131.